The van der Waals surface area contributed by atoms with Crippen molar-refractivity contribution in [2.45, 2.75) is 20.8 Å². The van der Waals surface area contributed by atoms with Crippen LogP contribution in [0.25, 0.3) is 22.6 Å². The second kappa shape index (κ2) is 7.80. The number of ether oxygens (including phenoxy) is 1. The van der Waals surface area contributed by atoms with Gasteiger partial charge in [-0.05, 0) is 74.4 Å². The molecule has 0 bridgehead atoms. The first-order chi connectivity index (χ1) is 14.0. The SMILES string of the molecule is CCOc1cccc(C(=O)Nc2cc(-c3nc4cc(C)ccc4o3)ccc2C)c1. The van der Waals surface area contributed by atoms with Crippen molar-refractivity contribution >= 4 is 22.7 Å². The van der Waals surface area contributed by atoms with Crippen molar-refractivity contribution in [1.29, 1.82) is 0 Å². The average Bonchev–Trinajstić information content (AvgIpc) is 3.13. The first kappa shape index (κ1) is 18.7. The molecule has 0 unspecified atom stereocenters. The number of nitrogens with one attached hydrogen (secondary N) is 1. The highest BCUT2D eigenvalue weighted by Gasteiger charge is 2.13. The van der Waals surface area contributed by atoms with Crippen LogP contribution in [-0.4, -0.2) is 17.5 Å². The van der Waals surface area contributed by atoms with Gasteiger partial charge < -0.3 is 14.5 Å². The van der Waals surface area contributed by atoms with Crippen molar-refractivity contribution in [1.82, 2.24) is 4.98 Å². The molecule has 1 heterocycles. The molecule has 1 N–H and O–H groups in total. The van der Waals surface area contributed by atoms with Crippen LogP contribution in [0.3, 0.4) is 0 Å². The van der Waals surface area contributed by atoms with Crippen molar-refractivity contribution in [2.24, 2.45) is 0 Å². The van der Waals surface area contributed by atoms with Crippen LogP contribution >= 0.6 is 0 Å². The Balaban J connectivity index is 1.62. The molecule has 1 aromatic heterocycles. The molecular weight excluding hydrogens is 364 g/mol. The fourth-order valence-corrected chi connectivity index (χ4v) is 3.14. The standard InChI is InChI=1S/C24H22N2O3/c1-4-28-19-7-5-6-17(13-19)23(27)25-20-14-18(10-9-16(20)3)24-26-21-12-15(2)8-11-22(21)29-24/h5-14H,4H2,1-3H3,(H,25,27). The van der Waals surface area contributed by atoms with E-state index in [0.717, 1.165) is 27.8 Å². The number of aromatic nitrogens is 1. The van der Waals surface area contributed by atoms with Crippen molar-refractivity contribution in [3.05, 3.63) is 77.4 Å². The van der Waals surface area contributed by atoms with Crippen molar-refractivity contribution in [3.8, 4) is 17.2 Å². The summed E-state index contributed by atoms with van der Waals surface area (Å²) in [7, 11) is 0. The maximum Gasteiger partial charge on any atom is 0.255 e. The molecule has 3 aromatic carbocycles. The third-order valence-electron chi connectivity index (χ3n) is 4.68. The predicted octanol–water partition coefficient (Wildman–Crippen LogP) is 5.76. The Hall–Kier alpha value is -3.60. The summed E-state index contributed by atoms with van der Waals surface area (Å²) >= 11 is 0. The van der Waals surface area contributed by atoms with E-state index in [4.69, 9.17) is 9.15 Å². The van der Waals surface area contributed by atoms with Crippen molar-refractivity contribution < 1.29 is 13.9 Å². The van der Waals surface area contributed by atoms with Gasteiger partial charge in [-0.15, -0.1) is 0 Å². The zero-order valence-corrected chi connectivity index (χ0v) is 16.7. The van der Waals surface area contributed by atoms with Crippen LogP contribution in [0, 0.1) is 13.8 Å². The number of rotatable bonds is 5. The molecule has 0 saturated carbocycles. The van der Waals surface area contributed by atoms with Crippen LogP contribution in [0.1, 0.15) is 28.4 Å². The zero-order chi connectivity index (χ0) is 20.4. The fourth-order valence-electron chi connectivity index (χ4n) is 3.14. The molecule has 29 heavy (non-hydrogen) atoms. The zero-order valence-electron chi connectivity index (χ0n) is 16.7. The highest BCUT2D eigenvalue weighted by Crippen LogP contribution is 2.28. The fraction of sp³-hybridized carbons (Fsp3) is 0.167. The molecule has 0 aliphatic rings. The third-order valence-corrected chi connectivity index (χ3v) is 4.68. The number of carbonyl (C=O) groups is 1. The summed E-state index contributed by atoms with van der Waals surface area (Å²) in [5, 5.41) is 2.98. The van der Waals surface area contributed by atoms with E-state index in [1.54, 1.807) is 12.1 Å². The van der Waals surface area contributed by atoms with Gasteiger partial charge >= 0.3 is 0 Å². The van der Waals surface area contributed by atoms with E-state index in [2.05, 4.69) is 10.3 Å². The van der Waals surface area contributed by atoms with Gasteiger partial charge in [0.05, 0.1) is 6.61 Å². The molecule has 4 rings (SSSR count). The summed E-state index contributed by atoms with van der Waals surface area (Å²) in [6.07, 6.45) is 0. The van der Waals surface area contributed by atoms with Gasteiger partial charge in [0.15, 0.2) is 5.58 Å². The number of hydrogen-bond donors (Lipinski definition) is 1. The highest BCUT2D eigenvalue weighted by molar-refractivity contribution is 6.05. The monoisotopic (exact) mass is 386 g/mol. The third kappa shape index (κ3) is 3.99. The Kier molecular flexibility index (Phi) is 5.04. The number of carbonyl (C=O) groups excluding carboxylic acids is 1. The second-order valence-corrected chi connectivity index (χ2v) is 6.93. The lowest BCUT2D eigenvalue weighted by molar-refractivity contribution is 0.102. The molecular formula is C24H22N2O3. The summed E-state index contributed by atoms with van der Waals surface area (Å²) in [5.41, 5.74) is 5.70. The minimum Gasteiger partial charge on any atom is -0.494 e. The van der Waals surface area contributed by atoms with E-state index < -0.39 is 0 Å². The quantitative estimate of drug-likeness (QED) is 0.473. The van der Waals surface area contributed by atoms with Crippen molar-refractivity contribution in [3.63, 3.8) is 0 Å². The van der Waals surface area contributed by atoms with Crippen LogP contribution < -0.4 is 10.1 Å². The molecule has 0 saturated heterocycles. The van der Waals surface area contributed by atoms with Gasteiger partial charge in [-0.25, -0.2) is 4.98 Å². The normalized spacial score (nSPS) is 10.9. The lowest BCUT2D eigenvalue weighted by Gasteiger charge is -2.11. The molecule has 0 fully saturated rings. The van der Waals surface area contributed by atoms with Gasteiger partial charge in [-0.3, -0.25) is 4.79 Å². The number of hydrogen-bond acceptors (Lipinski definition) is 4. The van der Waals surface area contributed by atoms with E-state index in [9.17, 15) is 4.79 Å². The predicted molar refractivity (Wildman–Crippen MR) is 114 cm³/mol. The summed E-state index contributed by atoms with van der Waals surface area (Å²) in [5.74, 6) is 1.01. The van der Waals surface area contributed by atoms with Gasteiger partial charge in [-0.2, -0.15) is 0 Å². The van der Waals surface area contributed by atoms with Crippen molar-refractivity contribution in [2.75, 3.05) is 11.9 Å². The Labute approximate surface area is 169 Å². The largest absolute Gasteiger partial charge is 0.494 e. The molecule has 146 valence electrons. The van der Waals surface area contributed by atoms with Gasteiger partial charge in [0.25, 0.3) is 5.91 Å². The van der Waals surface area contributed by atoms with Gasteiger partial charge in [0, 0.05) is 16.8 Å². The average molecular weight is 386 g/mol. The van der Waals surface area contributed by atoms with Gasteiger partial charge in [-0.1, -0.05) is 18.2 Å². The van der Waals surface area contributed by atoms with Crippen LogP contribution in [0.2, 0.25) is 0 Å². The molecule has 0 aliphatic carbocycles. The second-order valence-electron chi connectivity index (χ2n) is 6.93. The molecule has 5 nitrogen and oxygen atoms in total. The first-order valence-corrected chi connectivity index (χ1v) is 9.56. The Morgan fingerprint density at radius 3 is 2.76 bits per heavy atom. The first-order valence-electron chi connectivity index (χ1n) is 9.56. The molecule has 0 spiro atoms. The maximum absolute atomic E-state index is 12.7. The Morgan fingerprint density at radius 1 is 1.07 bits per heavy atom. The maximum atomic E-state index is 12.7. The van der Waals surface area contributed by atoms with Gasteiger partial charge in [0.1, 0.15) is 11.3 Å². The number of oxazole rings is 1. The van der Waals surface area contributed by atoms with E-state index >= 15 is 0 Å². The molecule has 1 amide bonds. The number of benzene rings is 3. The number of anilines is 1. The number of fused-ring (bicyclic) bond motifs is 1. The lowest BCUT2D eigenvalue weighted by Crippen LogP contribution is -2.13. The minimum absolute atomic E-state index is 0.194. The summed E-state index contributed by atoms with van der Waals surface area (Å²) in [6, 6.07) is 18.8. The van der Waals surface area contributed by atoms with E-state index in [1.807, 2.05) is 69.3 Å². The van der Waals surface area contributed by atoms with Crippen LogP contribution in [0.5, 0.6) is 5.75 Å². The lowest BCUT2D eigenvalue weighted by atomic mass is 10.1. The molecule has 0 aliphatic heterocycles. The topological polar surface area (TPSA) is 64.4 Å². The smallest absolute Gasteiger partial charge is 0.255 e. The number of amides is 1. The van der Waals surface area contributed by atoms with E-state index in [0.29, 0.717) is 29.5 Å². The van der Waals surface area contributed by atoms with Crippen LogP contribution in [-0.2, 0) is 0 Å². The van der Waals surface area contributed by atoms with E-state index in [-0.39, 0.29) is 5.91 Å². The van der Waals surface area contributed by atoms with Crippen LogP contribution in [0.15, 0.2) is 65.1 Å². The van der Waals surface area contributed by atoms with Gasteiger partial charge in [0.2, 0.25) is 5.89 Å². The minimum atomic E-state index is -0.194. The van der Waals surface area contributed by atoms with Crippen LogP contribution in [0.4, 0.5) is 5.69 Å². The van der Waals surface area contributed by atoms with E-state index in [1.165, 1.54) is 0 Å². The summed E-state index contributed by atoms with van der Waals surface area (Å²) in [4.78, 5) is 17.3. The Morgan fingerprint density at radius 2 is 1.93 bits per heavy atom. The number of aryl methyl sites for hydroxylation is 2. The molecule has 4 aromatic rings. The molecule has 0 atom stereocenters. The molecule has 5 heteroatoms. The summed E-state index contributed by atoms with van der Waals surface area (Å²) in [6.45, 7) is 6.44. The Bertz CT molecular complexity index is 1190. The number of nitrogens with zero attached hydrogens (tertiary/aromatic N) is 1. The summed E-state index contributed by atoms with van der Waals surface area (Å²) < 4.78 is 11.4. The highest BCUT2D eigenvalue weighted by atomic mass is 16.5. The molecule has 0 radical (unpaired) electrons.